The number of nitrogens with zero attached hydrogens (tertiary/aromatic N) is 2. The molecule has 1 aliphatic rings. The lowest BCUT2D eigenvalue weighted by Gasteiger charge is -2.34. The zero-order valence-electron chi connectivity index (χ0n) is 13.6. The highest BCUT2D eigenvalue weighted by molar-refractivity contribution is 5.78. The molecule has 0 aromatic heterocycles. The normalized spacial score (nSPS) is 15.2. The van der Waals surface area contributed by atoms with Crippen molar-refractivity contribution in [1.29, 1.82) is 0 Å². The molecule has 2 aromatic carbocycles. The maximum absolute atomic E-state index is 12.2. The molecule has 0 aliphatic carbocycles. The summed E-state index contributed by atoms with van der Waals surface area (Å²) in [4.78, 5) is 16.4. The van der Waals surface area contributed by atoms with Crippen LogP contribution in [0, 0.1) is 0 Å². The standard InChI is InChI=1S/C19H22N2O3/c22-17-8-4-5-9-18(17)24-15-19(23)21-12-10-20(11-13-21)14-16-6-2-1-3-7-16/h1-9,22H,10-15H2. The molecule has 1 aliphatic heterocycles. The van der Waals surface area contributed by atoms with Crippen molar-refractivity contribution in [2.75, 3.05) is 32.8 Å². The number of rotatable bonds is 5. The Morgan fingerprint density at radius 3 is 2.33 bits per heavy atom. The van der Waals surface area contributed by atoms with E-state index < -0.39 is 0 Å². The Labute approximate surface area is 142 Å². The summed E-state index contributed by atoms with van der Waals surface area (Å²) in [5.74, 6) is 0.351. The summed E-state index contributed by atoms with van der Waals surface area (Å²) < 4.78 is 5.42. The summed E-state index contributed by atoms with van der Waals surface area (Å²) in [7, 11) is 0. The quantitative estimate of drug-likeness (QED) is 0.914. The van der Waals surface area contributed by atoms with E-state index >= 15 is 0 Å². The van der Waals surface area contributed by atoms with Crippen molar-refractivity contribution in [3.8, 4) is 11.5 Å². The molecular weight excluding hydrogens is 304 g/mol. The van der Waals surface area contributed by atoms with Crippen LogP contribution < -0.4 is 4.74 Å². The predicted molar refractivity (Wildman–Crippen MR) is 91.9 cm³/mol. The molecule has 0 atom stereocenters. The minimum atomic E-state index is -0.0454. The van der Waals surface area contributed by atoms with Gasteiger partial charge in [0.2, 0.25) is 0 Å². The molecule has 3 rings (SSSR count). The van der Waals surface area contributed by atoms with E-state index in [1.165, 1.54) is 5.56 Å². The third-order valence-electron chi connectivity index (χ3n) is 4.19. The first kappa shape index (κ1) is 16.3. The van der Waals surface area contributed by atoms with E-state index in [1.54, 1.807) is 24.3 Å². The number of benzene rings is 2. The van der Waals surface area contributed by atoms with Gasteiger partial charge in [0, 0.05) is 32.7 Å². The molecule has 1 amide bonds. The van der Waals surface area contributed by atoms with Gasteiger partial charge < -0.3 is 14.7 Å². The van der Waals surface area contributed by atoms with Gasteiger partial charge in [0.15, 0.2) is 18.1 Å². The molecule has 5 heteroatoms. The molecule has 0 unspecified atom stereocenters. The lowest BCUT2D eigenvalue weighted by atomic mass is 10.2. The molecule has 1 saturated heterocycles. The highest BCUT2D eigenvalue weighted by Gasteiger charge is 2.21. The highest BCUT2D eigenvalue weighted by atomic mass is 16.5. The number of phenols is 1. The summed E-state index contributed by atoms with van der Waals surface area (Å²) >= 11 is 0. The summed E-state index contributed by atoms with van der Waals surface area (Å²) in [5, 5.41) is 9.65. The maximum Gasteiger partial charge on any atom is 0.260 e. The van der Waals surface area contributed by atoms with Gasteiger partial charge in [-0.15, -0.1) is 0 Å². The zero-order chi connectivity index (χ0) is 16.8. The molecular formula is C19H22N2O3. The summed E-state index contributed by atoms with van der Waals surface area (Å²) in [6.07, 6.45) is 0. The average Bonchev–Trinajstić information content (AvgIpc) is 2.62. The Bertz CT molecular complexity index is 667. The minimum Gasteiger partial charge on any atom is -0.504 e. The number of hydrogen-bond donors (Lipinski definition) is 1. The van der Waals surface area contributed by atoms with Crippen molar-refractivity contribution in [1.82, 2.24) is 9.80 Å². The first-order valence-electron chi connectivity index (χ1n) is 8.17. The van der Waals surface area contributed by atoms with Gasteiger partial charge in [-0.2, -0.15) is 0 Å². The van der Waals surface area contributed by atoms with E-state index in [9.17, 15) is 9.90 Å². The van der Waals surface area contributed by atoms with Gasteiger partial charge in [-0.05, 0) is 17.7 Å². The van der Waals surface area contributed by atoms with Crippen molar-refractivity contribution < 1.29 is 14.6 Å². The molecule has 0 bridgehead atoms. The fourth-order valence-corrected chi connectivity index (χ4v) is 2.81. The number of piperazine rings is 1. The number of phenolic OH excluding ortho intramolecular Hbond substituents is 1. The van der Waals surface area contributed by atoms with Crippen LogP contribution in [0.4, 0.5) is 0 Å². The second kappa shape index (κ2) is 7.84. The lowest BCUT2D eigenvalue weighted by Crippen LogP contribution is -2.49. The smallest absolute Gasteiger partial charge is 0.260 e. The third kappa shape index (κ3) is 4.26. The van der Waals surface area contributed by atoms with Crippen LogP contribution in [0.1, 0.15) is 5.56 Å². The summed E-state index contributed by atoms with van der Waals surface area (Å²) in [6.45, 7) is 3.99. The molecule has 1 fully saturated rings. The third-order valence-corrected chi connectivity index (χ3v) is 4.19. The molecule has 2 aromatic rings. The fourth-order valence-electron chi connectivity index (χ4n) is 2.81. The van der Waals surface area contributed by atoms with Crippen LogP contribution in [-0.2, 0) is 11.3 Å². The zero-order valence-corrected chi connectivity index (χ0v) is 13.6. The van der Waals surface area contributed by atoms with Crippen molar-refractivity contribution in [2.45, 2.75) is 6.54 Å². The Hall–Kier alpha value is -2.53. The van der Waals surface area contributed by atoms with E-state index in [0.29, 0.717) is 18.8 Å². The van der Waals surface area contributed by atoms with Gasteiger partial charge in [0.25, 0.3) is 5.91 Å². The van der Waals surface area contributed by atoms with E-state index in [1.807, 2.05) is 23.1 Å². The molecule has 24 heavy (non-hydrogen) atoms. The largest absolute Gasteiger partial charge is 0.504 e. The number of carbonyl (C=O) groups is 1. The molecule has 1 heterocycles. The molecule has 126 valence electrons. The van der Waals surface area contributed by atoms with Crippen LogP contribution in [0.5, 0.6) is 11.5 Å². The molecule has 0 radical (unpaired) electrons. The van der Waals surface area contributed by atoms with Crippen LogP contribution in [0.3, 0.4) is 0 Å². The number of aromatic hydroxyl groups is 1. The lowest BCUT2D eigenvalue weighted by molar-refractivity contribution is -0.135. The monoisotopic (exact) mass is 326 g/mol. The van der Waals surface area contributed by atoms with Gasteiger partial charge in [-0.25, -0.2) is 0 Å². The van der Waals surface area contributed by atoms with Crippen molar-refractivity contribution in [3.63, 3.8) is 0 Å². The van der Waals surface area contributed by atoms with Crippen LogP contribution in [0.15, 0.2) is 54.6 Å². The Morgan fingerprint density at radius 2 is 1.62 bits per heavy atom. The second-order valence-corrected chi connectivity index (χ2v) is 5.90. The predicted octanol–water partition coefficient (Wildman–Crippen LogP) is 2.12. The van der Waals surface area contributed by atoms with Crippen molar-refractivity contribution in [2.24, 2.45) is 0 Å². The van der Waals surface area contributed by atoms with Crippen LogP contribution in [0.2, 0.25) is 0 Å². The molecule has 5 nitrogen and oxygen atoms in total. The number of ether oxygens (including phenoxy) is 1. The summed E-state index contributed by atoms with van der Waals surface area (Å²) in [5.41, 5.74) is 1.29. The van der Waals surface area contributed by atoms with Crippen LogP contribution in [-0.4, -0.2) is 53.6 Å². The number of amides is 1. The number of para-hydroxylation sites is 2. The highest BCUT2D eigenvalue weighted by Crippen LogP contribution is 2.24. The topological polar surface area (TPSA) is 53.0 Å². The number of hydrogen-bond acceptors (Lipinski definition) is 4. The SMILES string of the molecule is O=C(COc1ccccc1O)N1CCN(Cc2ccccc2)CC1. The van der Waals surface area contributed by atoms with Gasteiger partial charge in [0.05, 0.1) is 0 Å². The van der Waals surface area contributed by atoms with E-state index in [2.05, 4.69) is 17.0 Å². The first-order valence-corrected chi connectivity index (χ1v) is 8.17. The van der Waals surface area contributed by atoms with Crippen molar-refractivity contribution in [3.05, 3.63) is 60.2 Å². The van der Waals surface area contributed by atoms with Gasteiger partial charge in [-0.3, -0.25) is 9.69 Å². The van der Waals surface area contributed by atoms with E-state index in [0.717, 1.165) is 19.6 Å². The van der Waals surface area contributed by atoms with E-state index in [-0.39, 0.29) is 18.3 Å². The fraction of sp³-hybridized carbons (Fsp3) is 0.316. The van der Waals surface area contributed by atoms with E-state index in [4.69, 9.17) is 4.74 Å². The van der Waals surface area contributed by atoms with Crippen LogP contribution in [0.25, 0.3) is 0 Å². The number of carbonyl (C=O) groups excluding carboxylic acids is 1. The Morgan fingerprint density at radius 1 is 0.958 bits per heavy atom. The van der Waals surface area contributed by atoms with Crippen LogP contribution >= 0.6 is 0 Å². The van der Waals surface area contributed by atoms with Gasteiger partial charge in [-0.1, -0.05) is 42.5 Å². The summed E-state index contributed by atoms with van der Waals surface area (Å²) in [6, 6.07) is 17.0. The average molecular weight is 326 g/mol. The molecule has 1 N–H and O–H groups in total. The second-order valence-electron chi connectivity index (χ2n) is 5.90. The molecule has 0 saturated carbocycles. The van der Waals surface area contributed by atoms with Crippen molar-refractivity contribution >= 4 is 5.91 Å². The Balaban J connectivity index is 1.44. The first-order chi connectivity index (χ1) is 11.7. The maximum atomic E-state index is 12.2. The van der Waals surface area contributed by atoms with Gasteiger partial charge in [0.1, 0.15) is 0 Å². The van der Waals surface area contributed by atoms with Gasteiger partial charge >= 0.3 is 0 Å². The minimum absolute atomic E-state index is 0.0439. The molecule has 0 spiro atoms. The Kier molecular flexibility index (Phi) is 5.33.